The Labute approximate surface area is 83.9 Å². The molecule has 0 atom stereocenters. The second-order valence-corrected chi connectivity index (χ2v) is 3.91. The Morgan fingerprint density at radius 3 is 2.92 bits per heavy atom. The van der Waals surface area contributed by atoms with Crippen LogP contribution in [0.2, 0.25) is 5.02 Å². The highest BCUT2D eigenvalue weighted by Crippen LogP contribution is 2.35. The van der Waals surface area contributed by atoms with Crippen LogP contribution in [0.5, 0.6) is 0 Å². The highest BCUT2D eigenvalue weighted by Gasteiger charge is 2.08. The van der Waals surface area contributed by atoms with Gasteiger partial charge >= 0.3 is 0 Å². The molecule has 2 aromatic rings. The van der Waals surface area contributed by atoms with Crippen LogP contribution in [0.15, 0.2) is 17.5 Å². The molecule has 2 N–H and O–H groups in total. The standard InChI is InChI=1S/C9H6ClNOS/c10-8-5(3-12)1-2-6-7(11)4-13-9(6)8/h1-4H,11H2. The van der Waals surface area contributed by atoms with E-state index in [1.54, 1.807) is 6.07 Å². The molecule has 0 aliphatic carbocycles. The van der Waals surface area contributed by atoms with Gasteiger partial charge in [0.25, 0.3) is 0 Å². The minimum Gasteiger partial charge on any atom is -0.398 e. The van der Waals surface area contributed by atoms with Crippen molar-refractivity contribution in [3.63, 3.8) is 0 Å². The smallest absolute Gasteiger partial charge is 0.151 e. The third-order valence-electron chi connectivity index (χ3n) is 1.87. The SMILES string of the molecule is Nc1csc2c(Cl)c(C=O)ccc12. The van der Waals surface area contributed by atoms with E-state index in [-0.39, 0.29) is 0 Å². The number of halogens is 1. The molecule has 1 aromatic heterocycles. The summed E-state index contributed by atoms with van der Waals surface area (Å²) in [7, 11) is 0. The molecule has 0 unspecified atom stereocenters. The molecule has 0 spiro atoms. The molecule has 0 saturated carbocycles. The quantitative estimate of drug-likeness (QED) is 0.737. The average molecular weight is 212 g/mol. The second-order valence-electron chi connectivity index (χ2n) is 2.65. The van der Waals surface area contributed by atoms with Crippen molar-refractivity contribution in [2.45, 2.75) is 0 Å². The van der Waals surface area contributed by atoms with Crippen molar-refractivity contribution in [1.29, 1.82) is 0 Å². The van der Waals surface area contributed by atoms with Crippen molar-refractivity contribution in [2.75, 3.05) is 5.73 Å². The van der Waals surface area contributed by atoms with Crippen LogP contribution < -0.4 is 5.73 Å². The molecule has 0 amide bonds. The first-order valence-electron chi connectivity index (χ1n) is 3.64. The fourth-order valence-corrected chi connectivity index (χ4v) is 2.44. The van der Waals surface area contributed by atoms with Crippen LogP contribution in [0, 0.1) is 0 Å². The van der Waals surface area contributed by atoms with Gasteiger partial charge < -0.3 is 5.73 Å². The Hall–Kier alpha value is -1.06. The molecule has 1 aromatic carbocycles. The van der Waals surface area contributed by atoms with Crippen molar-refractivity contribution >= 4 is 45.0 Å². The molecule has 0 fully saturated rings. The minimum absolute atomic E-state index is 0.495. The molecule has 13 heavy (non-hydrogen) atoms. The summed E-state index contributed by atoms with van der Waals surface area (Å²) in [4.78, 5) is 10.6. The zero-order chi connectivity index (χ0) is 9.42. The summed E-state index contributed by atoms with van der Waals surface area (Å²) in [5.41, 5.74) is 6.92. The molecule has 2 nitrogen and oxygen atoms in total. The average Bonchev–Trinajstić information content (AvgIpc) is 2.50. The monoisotopic (exact) mass is 211 g/mol. The molecular formula is C9H6ClNOS. The van der Waals surface area contributed by atoms with Crippen LogP contribution in [0.1, 0.15) is 10.4 Å². The predicted molar refractivity (Wildman–Crippen MR) is 56.6 cm³/mol. The number of hydrogen-bond acceptors (Lipinski definition) is 3. The van der Waals surface area contributed by atoms with E-state index in [0.717, 1.165) is 16.4 Å². The molecular weight excluding hydrogens is 206 g/mol. The Bertz CT molecular complexity index is 478. The summed E-state index contributed by atoms with van der Waals surface area (Å²) in [5, 5.41) is 3.24. The van der Waals surface area contributed by atoms with E-state index >= 15 is 0 Å². The zero-order valence-corrected chi connectivity index (χ0v) is 8.15. The van der Waals surface area contributed by atoms with Gasteiger partial charge in [0.2, 0.25) is 0 Å². The topological polar surface area (TPSA) is 43.1 Å². The summed E-state index contributed by atoms with van der Waals surface area (Å²) in [6, 6.07) is 3.50. The van der Waals surface area contributed by atoms with Crippen LogP contribution in [0.25, 0.3) is 10.1 Å². The number of nitrogen functional groups attached to an aromatic ring is 1. The van der Waals surface area contributed by atoms with Gasteiger partial charge in [0.1, 0.15) is 0 Å². The van der Waals surface area contributed by atoms with Gasteiger partial charge in [0, 0.05) is 16.3 Å². The van der Waals surface area contributed by atoms with Gasteiger partial charge in [-0.25, -0.2) is 0 Å². The first-order valence-corrected chi connectivity index (χ1v) is 4.90. The van der Waals surface area contributed by atoms with Crippen molar-refractivity contribution in [1.82, 2.24) is 0 Å². The lowest BCUT2D eigenvalue weighted by molar-refractivity contribution is 0.112. The fourth-order valence-electron chi connectivity index (χ4n) is 1.19. The molecule has 2 rings (SSSR count). The van der Waals surface area contributed by atoms with Gasteiger partial charge in [-0.2, -0.15) is 0 Å². The van der Waals surface area contributed by atoms with Crippen LogP contribution in [0.3, 0.4) is 0 Å². The number of hydrogen-bond donors (Lipinski definition) is 1. The van der Waals surface area contributed by atoms with Gasteiger partial charge in [-0.05, 0) is 6.07 Å². The van der Waals surface area contributed by atoms with Crippen molar-refractivity contribution in [2.24, 2.45) is 0 Å². The molecule has 0 bridgehead atoms. The lowest BCUT2D eigenvalue weighted by atomic mass is 10.2. The summed E-state index contributed by atoms with van der Waals surface area (Å²) in [5.74, 6) is 0. The number of fused-ring (bicyclic) bond motifs is 1. The molecule has 0 saturated heterocycles. The van der Waals surface area contributed by atoms with Gasteiger partial charge in [-0.3, -0.25) is 4.79 Å². The van der Waals surface area contributed by atoms with Crippen molar-refractivity contribution in [3.8, 4) is 0 Å². The number of benzene rings is 1. The molecule has 66 valence electrons. The third-order valence-corrected chi connectivity index (χ3v) is 3.42. The highest BCUT2D eigenvalue weighted by molar-refractivity contribution is 7.18. The normalized spacial score (nSPS) is 10.5. The maximum Gasteiger partial charge on any atom is 0.151 e. The van der Waals surface area contributed by atoms with E-state index in [4.69, 9.17) is 17.3 Å². The number of rotatable bonds is 1. The second kappa shape index (κ2) is 3.01. The Balaban J connectivity index is 2.87. The van der Waals surface area contributed by atoms with Gasteiger partial charge in [-0.15, -0.1) is 11.3 Å². The molecule has 0 radical (unpaired) electrons. The van der Waals surface area contributed by atoms with Crippen molar-refractivity contribution < 1.29 is 4.79 Å². The summed E-state index contributed by atoms with van der Waals surface area (Å²) >= 11 is 7.43. The van der Waals surface area contributed by atoms with E-state index in [0.29, 0.717) is 16.3 Å². The molecule has 4 heteroatoms. The van der Waals surface area contributed by atoms with Gasteiger partial charge in [-0.1, -0.05) is 17.7 Å². The number of aldehydes is 1. The van der Waals surface area contributed by atoms with E-state index in [9.17, 15) is 4.79 Å². The zero-order valence-electron chi connectivity index (χ0n) is 6.58. The van der Waals surface area contributed by atoms with Crippen molar-refractivity contribution in [3.05, 3.63) is 28.1 Å². The van der Waals surface area contributed by atoms with E-state index in [1.165, 1.54) is 11.3 Å². The van der Waals surface area contributed by atoms with Gasteiger partial charge in [0.15, 0.2) is 6.29 Å². The van der Waals surface area contributed by atoms with E-state index in [1.807, 2.05) is 11.4 Å². The van der Waals surface area contributed by atoms with Crippen LogP contribution in [-0.4, -0.2) is 6.29 Å². The van der Waals surface area contributed by atoms with Crippen LogP contribution >= 0.6 is 22.9 Å². The largest absolute Gasteiger partial charge is 0.398 e. The Morgan fingerprint density at radius 2 is 2.23 bits per heavy atom. The number of thiophene rings is 1. The van der Waals surface area contributed by atoms with E-state index in [2.05, 4.69) is 0 Å². The minimum atomic E-state index is 0.495. The number of carbonyl (C=O) groups excluding carboxylic acids is 1. The fraction of sp³-hybridized carbons (Fsp3) is 0. The first kappa shape index (κ1) is 8.53. The van der Waals surface area contributed by atoms with Crippen LogP contribution in [0.4, 0.5) is 5.69 Å². The lowest BCUT2D eigenvalue weighted by Crippen LogP contribution is -1.83. The Morgan fingerprint density at radius 1 is 1.46 bits per heavy atom. The summed E-state index contributed by atoms with van der Waals surface area (Å²) < 4.78 is 0.878. The molecule has 1 heterocycles. The van der Waals surface area contributed by atoms with Gasteiger partial charge in [0.05, 0.1) is 15.4 Å². The number of carbonyl (C=O) groups is 1. The predicted octanol–water partition coefficient (Wildman–Crippen LogP) is 2.95. The van der Waals surface area contributed by atoms with Crippen LogP contribution in [-0.2, 0) is 0 Å². The van der Waals surface area contributed by atoms with E-state index < -0.39 is 0 Å². The summed E-state index contributed by atoms with van der Waals surface area (Å²) in [6.07, 6.45) is 0.748. The maximum absolute atomic E-state index is 10.6. The molecule has 0 aliphatic rings. The molecule has 0 aliphatic heterocycles. The number of anilines is 1. The number of nitrogens with two attached hydrogens (primary N) is 1. The third kappa shape index (κ3) is 1.20. The first-order chi connectivity index (χ1) is 6.24. The Kier molecular flexibility index (Phi) is 1.98. The summed E-state index contributed by atoms with van der Waals surface area (Å²) in [6.45, 7) is 0. The highest BCUT2D eigenvalue weighted by atomic mass is 35.5. The maximum atomic E-state index is 10.6. The lowest BCUT2D eigenvalue weighted by Gasteiger charge is -1.97.